The van der Waals surface area contributed by atoms with Crippen LogP contribution in [-0.2, 0) is 14.8 Å². The fourth-order valence-electron chi connectivity index (χ4n) is 2.55. The summed E-state index contributed by atoms with van der Waals surface area (Å²) in [6, 6.07) is 4.25. The molecule has 1 aliphatic heterocycles. The summed E-state index contributed by atoms with van der Waals surface area (Å²) in [5.74, 6) is 0.613. The van der Waals surface area contributed by atoms with Gasteiger partial charge >= 0.3 is 0 Å². The van der Waals surface area contributed by atoms with Gasteiger partial charge in [0.1, 0.15) is 10.9 Å². The minimum atomic E-state index is -3.81. The van der Waals surface area contributed by atoms with Crippen molar-refractivity contribution in [2.75, 3.05) is 18.7 Å². The number of hydrogen-bond acceptors (Lipinski definition) is 4. The smallest absolute Gasteiger partial charge is 0.246 e. The molecule has 0 aromatic heterocycles. The van der Waals surface area contributed by atoms with Crippen LogP contribution in [0.3, 0.4) is 0 Å². The number of sulfonamides is 1. The Morgan fingerprint density at radius 3 is 2.74 bits per heavy atom. The standard InChI is InChI=1S/C14H16BrClN2O3S2/c1-17(10-3-4-10)14(19)12-7-22-8-18(12)23(20,21)13-5-2-9(15)6-11(13)16/h2,5-6,10,12H,3-4,7-8H2,1H3. The highest BCUT2D eigenvalue weighted by Gasteiger charge is 2.44. The molecule has 1 saturated heterocycles. The molecule has 2 fully saturated rings. The quantitative estimate of drug-likeness (QED) is 0.724. The van der Waals surface area contributed by atoms with Gasteiger partial charge < -0.3 is 4.90 Å². The van der Waals surface area contributed by atoms with E-state index in [1.54, 1.807) is 24.1 Å². The van der Waals surface area contributed by atoms with Crippen molar-refractivity contribution in [3.05, 3.63) is 27.7 Å². The number of thioether (sulfide) groups is 1. The molecule has 1 heterocycles. The van der Waals surface area contributed by atoms with Crippen LogP contribution in [0.2, 0.25) is 5.02 Å². The van der Waals surface area contributed by atoms with Crippen LogP contribution in [0.1, 0.15) is 12.8 Å². The lowest BCUT2D eigenvalue weighted by Gasteiger charge is -2.27. The zero-order chi connectivity index (χ0) is 16.8. The Hall–Kier alpha value is -0.280. The number of amides is 1. The predicted octanol–water partition coefficient (Wildman–Crippen LogP) is 2.79. The number of carbonyl (C=O) groups is 1. The van der Waals surface area contributed by atoms with E-state index >= 15 is 0 Å². The third-order valence-corrected chi connectivity index (χ3v) is 8.06. The molecule has 0 bridgehead atoms. The molecule has 1 saturated carbocycles. The fourth-order valence-corrected chi connectivity index (χ4v) is 6.69. The van der Waals surface area contributed by atoms with Gasteiger partial charge in [-0.15, -0.1) is 11.8 Å². The van der Waals surface area contributed by atoms with E-state index in [1.165, 1.54) is 22.1 Å². The molecule has 23 heavy (non-hydrogen) atoms. The Kier molecular flexibility index (Phi) is 5.00. The second-order valence-corrected chi connectivity index (χ2v) is 9.84. The van der Waals surface area contributed by atoms with Gasteiger partial charge in [0, 0.05) is 23.3 Å². The fraction of sp³-hybridized carbons (Fsp3) is 0.500. The highest BCUT2D eigenvalue weighted by atomic mass is 79.9. The van der Waals surface area contributed by atoms with Crippen molar-refractivity contribution >= 4 is 55.2 Å². The normalized spacial score (nSPS) is 22.3. The summed E-state index contributed by atoms with van der Waals surface area (Å²) in [5.41, 5.74) is 0. The molecule has 2 aliphatic rings. The number of rotatable bonds is 4. The molecule has 1 aromatic rings. The lowest BCUT2D eigenvalue weighted by atomic mass is 10.3. The number of carbonyl (C=O) groups excluding carboxylic acids is 1. The summed E-state index contributed by atoms with van der Waals surface area (Å²) >= 11 is 10.8. The molecule has 3 rings (SSSR count). The molecule has 1 amide bonds. The molecule has 1 aromatic carbocycles. The van der Waals surface area contributed by atoms with E-state index in [-0.39, 0.29) is 27.7 Å². The molecule has 1 unspecified atom stereocenters. The Bertz CT molecular complexity index is 740. The number of nitrogens with zero attached hydrogens (tertiary/aromatic N) is 2. The number of likely N-dealkylation sites (N-methyl/N-ethyl adjacent to an activating group) is 1. The largest absolute Gasteiger partial charge is 0.341 e. The van der Waals surface area contributed by atoms with Crippen molar-refractivity contribution in [3.63, 3.8) is 0 Å². The van der Waals surface area contributed by atoms with Gasteiger partial charge in [0.05, 0.1) is 10.9 Å². The van der Waals surface area contributed by atoms with Gasteiger partial charge in [-0.05, 0) is 31.0 Å². The van der Waals surface area contributed by atoms with Gasteiger partial charge in [-0.2, -0.15) is 4.31 Å². The molecule has 0 N–H and O–H groups in total. The summed E-state index contributed by atoms with van der Waals surface area (Å²) in [4.78, 5) is 14.3. The zero-order valence-electron chi connectivity index (χ0n) is 12.4. The first-order valence-electron chi connectivity index (χ1n) is 7.13. The maximum Gasteiger partial charge on any atom is 0.246 e. The van der Waals surface area contributed by atoms with Crippen LogP contribution in [0.4, 0.5) is 0 Å². The van der Waals surface area contributed by atoms with Crippen LogP contribution in [-0.4, -0.2) is 54.3 Å². The second kappa shape index (κ2) is 6.55. The van der Waals surface area contributed by atoms with Crippen molar-refractivity contribution in [1.29, 1.82) is 0 Å². The third kappa shape index (κ3) is 3.42. The maximum absolute atomic E-state index is 12.9. The average Bonchev–Trinajstić information content (AvgIpc) is 3.21. The van der Waals surface area contributed by atoms with E-state index in [9.17, 15) is 13.2 Å². The highest BCUT2D eigenvalue weighted by molar-refractivity contribution is 9.10. The number of halogens is 2. The molecule has 9 heteroatoms. The first-order chi connectivity index (χ1) is 10.8. The number of hydrogen-bond donors (Lipinski definition) is 0. The molecule has 5 nitrogen and oxygen atoms in total. The third-order valence-electron chi connectivity index (χ3n) is 4.05. The van der Waals surface area contributed by atoms with Crippen molar-refractivity contribution < 1.29 is 13.2 Å². The number of benzene rings is 1. The van der Waals surface area contributed by atoms with Gasteiger partial charge in [0.15, 0.2) is 0 Å². The summed E-state index contributed by atoms with van der Waals surface area (Å²) in [7, 11) is -2.06. The first kappa shape index (κ1) is 17.5. The molecule has 1 aliphatic carbocycles. The summed E-state index contributed by atoms with van der Waals surface area (Å²) < 4.78 is 27.8. The van der Waals surface area contributed by atoms with Crippen molar-refractivity contribution in [1.82, 2.24) is 9.21 Å². The van der Waals surface area contributed by atoms with Crippen LogP contribution < -0.4 is 0 Å². The minimum absolute atomic E-state index is 0.0386. The molecule has 1 atom stereocenters. The minimum Gasteiger partial charge on any atom is -0.341 e. The first-order valence-corrected chi connectivity index (χ1v) is 10.9. The second-order valence-electron chi connectivity index (χ2n) is 5.66. The van der Waals surface area contributed by atoms with Crippen LogP contribution in [0.25, 0.3) is 0 Å². The molecule has 126 valence electrons. The monoisotopic (exact) mass is 438 g/mol. The van der Waals surface area contributed by atoms with Crippen LogP contribution in [0, 0.1) is 0 Å². The highest BCUT2D eigenvalue weighted by Crippen LogP contribution is 2.35. The predicted molar refractivity (Wildman–Crippen MR) is 95.1 cm³/mol. The molecule has 0 spiro atoms. The summed E-state index contributed by atoms with van der Waals surface area (Å²) in [6.45, 7) is 0. The van der Waals surface area contributed by atoms with E-state index in [1.807, 2.05) is 0 Å². The van der Waals surface area contributed by atoms with Crippen LogP contribution >= 0.6 is 39.3 Å². The van der Waals surface area contributed by atoms with E-state index < -0.39 is 16.1 Å². The van der Waals surface area contributed by atoms with Crippen LogP contribution in [0.15, 0.2) is 27.6 Å². The van der Waals surface area contributed by atoms with Crippen molar-refractivity contribution in [2.24, 2.45) is 0 Å². The maximum atomic E-state index is 12.9. The zero-order valence-corrected chi connectivity index (χ0v) is 16.4. The lowest BCUT2D eigenvalue weighted by molar-refractivity contribution is -0.133. The van der Waals surface area contributed by atoms with Gasteiger partial charge in [0.25, 0.3) is 0 Å². The van der Waals surface area contributed by atoms with E-state index in [4.69, 9.17) is 11.6 Å². The van der Waals surface area contributed by atoms with Gasteiger partial charge in [-0.1, -0.05) is 27.5 Å². The Morgan fingerprint density at radius 2 is 2.13 bits per heavy atom. The lowest BCUT2D eigenvalue weighted by Crippen LogP contribution is -2.48. The Labute approximate surface area is 153 Å². The van der Waals surface area contributed by atoms with Crippen LogP contribution in [0.5, 0.6) is 0 Å². The molecule has 0 radical (unpaired) electrons. The van der Waals surface area contributed by atoms with E-state index in [2.05, 4.69) is 15.9 Å². The van der Waals surface area contributed by atoms with Crippen molar-refractivity contribution in [3.8, 4) is 0 Å². The van der Waals surface area contributed by atoms with Gasteiger partial charge in [0.2, 0.25) is 15.9 Å². The van der Waals surface area contributed by atoms with Gasteiger partial charge in [-0.25, -0.2) is 8.42 Å². The average molecular weight is 440 g/mol. The molecular weight excluding hydrogens is 424 g/mol. The summed E-state index contributed by atoms with van der Waals surface area (Å²) in [5, 5.41) is 0.151. The SMILES string of the molecule is CN(C(=O)C1CSCN1S(=O)(=O)c1ccc(Br)cc1Cl)C1CC1. The Morgan fingerprint density at radius 1 is 1.43 bits per heavy atom. The van der Waals surface area contributed by atoms with E-state index in [0.29, 0.717) is 10.2 Å². The van der Waals surface area contributed by atoms with Crippen molar-refractivity contribution in [2.45, 2.75) is 29.8 Å². The topological polar surface area (TPSA) is 57.7 Å². The van der Waals surface area contributed by atoms with Gasteiger partial charge in [-0.3, -0.25) is 4.79 Å². The summed E-state index contributed by atoms with van der Waals surface area (Å²) in [6.07, 6.45) is 1.99. The Balaban J connectivity index is 1.90. The van der Waals surface area contributed by atoms with E-state index in [0.717, 1.165) is 12.8 Å². The molecular formula is C14H16BrClN2O3S2.